The second kappa shape index (κ2) is 27.3. The maximum atomic E-state index is 14.3. The fraction of sp³-hybridized carbons (Fsp3) is 0.258. The normalized spacial score (nSPS) is 23.0. The number of benzene rings is 7. The average Bonchev–Trinajstić information content (AvgIpc) is 3.50. The summed E-state index contributed by atoms with van der Waals surface area (Å²) in [6.07, 6.45) is -12.7. The van der Waals surface area contributed by atoms with Crippen molar-refractivity contribution in [3.63, 3.8) is 0 Å². The molecule has 2 aliphatic rings. The number of carbonyl (C=O) groups is 4. The number of hydrogen-bond acceptors (Lipinski definition) is 15. The molecule has 0 N–H and O–H groups in total. The van der Waals surface area contributed by atoms with Gasteiger partial charge in [0.05, 0.1) is 48.7 Å². The van der Waals surface area contributed by atoms with Gasteiger partial charge >= 0.3 is 23.9 Å². The van der Waals surface area contributed by atoms with E-state index in [2.05, 4.69) is 0 Å². The zero-order valence-corrected chi connectivity index (χ0v) is 42.1. The van der Waals surface area contributed by atoms with Gasteiger partial charge in [-0.05, 0) is 65.2 Å². The summed E-state index contributed by atoms with van der Waals surface area (Å²) in [5, 5.41) is 0. The number of ether oxygens (including phenoxy) is 11. The largest absolute Gasteiger partial charge is 0.459 e. The van der Waals surface area contributed by atoms with Gasteiger partial charge in [0.2, 0.25) is 0 Å². The van der Waals surface area contributed by atoms with Crippen molar-refractivity contribution in [2.75, 3.05) is 20.3 Å². The van der Waals surface area contributed by atoms with E-state index in [9.17, 15) is 19.2 Å². The summed E-state index contributed by atoms with van der Waals surface area (Å²) < 4.78 is 71.3. The van der Waals surface area contributed by atoms with Crippen LogP contribution in [0, 0.1) is 0 Å². The quantitative estimate of drug-likeness (QED) is 0.0464. The van der Waals surface area contributed by atoms with Crippen molar-refractivity contribution in [3.05, 3.63) is 251 Å². The van der Waals surface area contributed by atoms with Gasteiger partial charge in [0.25, 0.3) is 0 Å². The van der Waals surface area contributed by atoms with Crippen molar-refractivity contribution in [2.45, 2.75) is 81.2 Å². The highest BCUT2D eigenvalue weighted by Gasteiger charge is 2.55. The average molecular weight is 1040 g/mol. The zero-order valence-electron chi connectivity index (χ0n) is 42.1. The minimum absolute atomic E-state index is 0.123. The third-order valence-electron chi connectivity index (χ3n) is 12.8. The molecule has 0 amide bonds. The third kappa shape index (κ3) is 14.5. The summed E-state index contributed by atoms with van der Waals surface area (Å²) >= 11 is 0. The highest BCUT2D eigenvalue weighted by Crippen LogP contribution is 2.35. The Morgan fingerprint density at radius 2 is 0.675 bits per heavy atom. The molecule has 0 saturated carbocycles. The Hall–Kier alpha value is -7.86. The van der Waals surface area contributed by atoms with Crippen LogP contribution in [0.4, 0.5) is 0 Å². The first kappa shape index (κ1) is 53.9. The molecule has 2 saturated heterocycles. The molecule has 0 spiro atoms. The Kier molecular flexibility index (Phi) is 19.1. The zero-order chi connectivity index (χ0) is 53.2. The Labute approximate surface area is 446 Å². The van der Waals surface area contributed by atoms with Crippen LogP contribution in [0.3, 0.4) is 0 Å². The van der Waals surface area contributed by atoms with Gasteiger partial charge < -0.3 is 52.1 Å². The van der Waals surface area contributed by atoms with Crippen LogP contribution in [0.1, 0.15) is 58.1 Å². The third-order valence-corrected chi connectivity index (χ3v) is 12.8. The fourth-order valence-electron chi connectivity index (χ4n) is 8.92. The number of esters is 4. The predicted molar refractivity (Wildman–Crippen MR) is 279 cm³/mol. The van der Waals surface area contributed by atoms with Crippen LogP contribution >= 0.6 is 0 Å². The van der Waals surface area contributed by atoms with Crippen LogP contribution in [-0.4, -0.2) is 106 Å². The fourth-order valence-corrected chi connectivity index (χ4v) is 8.92. The molecule has 9 rings (SSSR count). The Bertz CT molecular complexity index is 2920. The minimum atomic E-state index is -1.66. The highest BCUT2D eigenvalue weighted by molar-refractivity contribution is 5.91. The van der Waals surface area contributed by atoms with Crippen LogP contribution in [0.2, 0.25) is 0 Å². The number of methoxy groups -OCH3 is 1. The molecule has 1 unspecified atom stereocenters. The van der Waals surface area contributed by atoms with E-state index < -0.39 is 91.9 Å². The number of hydrogen-bond donors (Lipinski definition) is 0. The van der Waals surface area contributed by atoms with Crippen molar-refractivity contribution in [1.82, 2.24) is 0 Å². The van der Waals surface area contributed by atoms with Crippen molar-refractivity contribution in [1.29, 1.82) is 0 Å². The molecular formula is C62H58O15. The van der Waals surface area contributed by atoms with E-state index in [4.69, 9.17) is 52.1 Å². The van der Waals surface area contributed by atoms with Crippen LogP contribution in [0.15, 0.2) is 212 Å². The van der Waals surface area contributed by atoms with Crippen molar-refractivity contribution < 1.29 is 71.3 Å². The summed E-state index contributed by atoms with van der Waals surface area (Å²) in [5.41, 5.74) is 3.31. The molecule has 2 fully saturated rings. The summed E-state index contributed by atoms with van der Waals surface area (Å²) in [4.78, 5) is 56.4. The smallest absolute Gasteiger partial charge is 0.338 e. The van der Waals surface area contributed by atoms with Gasteiger partial charge in [-0.2, -0.15) is 0 Å². The van der Waals surface area contributed by atoms with Gasteiger partial charge in [-0.25, -0.2) is 19.2 Å². The second-order valence-electron chi connectivity index (χ2n) is 18.1. The van der Waals surface area contributed by atoms with E-state index in [0.717, 1.165) is 16.7 Å². The molecule has 7 aromatic carbocycles. The summed E-state index contributed by atoms with van der Waals surface area (Å²) in [6.45, 7) is -0.437. The Morgan fingerprint density at radius 3 is 1.10 bits per heavy atom. The van der Waals surface area contributed by atoms with Crippen LogP contribution in [0.5, 0.6) is 0 Å². The van der Waals surface area contributed by atoms with Gasteiger partial charge in [-0.3, -0.25) is 0 Å². The molecule has 396 valence electrons. The summed E-state index contributed by atoms with van der Waals surface area (Å²) in [5.74, 6) is -3.26. The monoisotopic (exact) mass is 1040 g/mol. The van der Waals surface area contributed by atoms with E-state index in [1.165, 1.54) is 7.11 Å². The maximum Gasteiger partial charge on any atom is 0.338 e. The lowest BCUT2D eigenvalue weighted by Crippen LogP contribution is -2.64. The number of rotatable bonds is 22. The molecule has 10 atom stereocenters. The molecule has 0 radical (unpaired) electrons. The number of carbonyl (C=O) groups excluding carboxylic acids is 4. The van der Waals surface area contributed by atoms with Crippen molar-refractivity contribution in [2.24, 2.45) is 0 Å². The molecule has 77 heavy (non-hydrogen) atoms. The van der Waals surface area contributed by atoms with Crippen LogP contribution < -0.4 is 0 Å². The topological polar surface area (TPSA) is 170 Å². The van der Waals surface area contributed by atoms with Gasteiger partial charge in [-0.15, -0.1) is 0 Å². The summed E-state index contributed by atoms with van der Waals surface area (Å²) in [6, 6.07) is 61.6. The Balaban J connectivity index is 1.10. The van der Waals surface area contributed by atoms with Crippen molar-refractivity contribution >= 4 is 23.9 Å². The lowest BCUT2D eigenvalue weighted by atomic mass is 9.96. The van der Waals surface area contributed by atoms with E-state index in [1.807, 2.05) is 91.0 Å². The van der Waals surface area contributed by atoms with Crippen LogP contribution in [0.25, 0.3) is 0 Å². The molecule has 0 aliphatic carbocycles. The Morgan fingerprint density at radius 1 is 0.338 bits per heavy atom. The molecule has 0 bridgehead atoms. The van der Waals surface area contributed by atoms with E-state index >= 15 is 0 Å². The van der Waals surface area contributed by atoms with E-state index in [0.29, 0.717) is 0 Å². The molecular weight excluding hydrogens is 985 g/mol. The molecule has 2 heterocycles. The predicted octanol–water partition coefficient (Wildman–Crippen LogP) is 9.39. The first-order valence-electron chi connectivity index (χ1n) is 25.2. The first-order valence-corrected chi connectivity index (χ1v) is 25.2. The van der Waals surface area contributed by atoms with Gasteiger partial charge in [0, 0.05) is 7.11 Å². The van der Waals surface area contributed by atoms with Crippen LogP contribution in [-0.2, 0) is 71.9 Å². The molecule has 7 aromatic rings. The summed E-state index contributed by atoms with van der Waals surface area (Å²) in [7, 11) is 1.49. The molecule has 15 heteroatoms. The second-order valence-corrected chi connectivity index (χ2v) is 18.1. The maximum absolute atomic E-state index is 14.3. The molecule has 15 nitrogen and oxygen atoms in total. The first-order chi connectivity index (χ1) is 37.8. The standard InChI is InChI=1S/C62H58O15/c1-67-61-55(70-39-44-27-13-4-14-28-44)53(69-38-43-25-11-3-12-26-43)51(68-37-42-23-9-2-10-24-42)49(73-61)41-72-62-56(77-60(66)48-35-21-8-22-36-48)54(76-59(65)47-33-19-7-20-34-47)52(75-58(64)46-31-17-6-18-32-46)50(74-62)40-71-57(63)45-29-15-5-16-30-45/h2-36,49-56,61-62H,37-41H2,1H3/t49-,50-,51-,52+,53+,54+,55-,56-,61+,62?/m1/s1. The SMILES string of the molecule is CO[C@H]1O[C@H](COC2O[C@H](COC(=O)c3ccccc3)[C@H](OC(=O)c3ccccc3)[C@H](OC(=O)c3ccccc3)[C@H]2OC(=O)c2ccccc2)[C@@H](OCc2ccccc2)[C@H](OCc2ccccc2)[C@H]1OCc1ccccc1. The van der Waals surface area contributed by atoms with Gasteiger partial charge in [-0.1, -0.05) is 164 Å². The highest BCUT2D eigenvalue weighted by atomic mass is 16.8. The van der Waals surface area contributed by atoms with Gasteiger partial charge in [0.1, 0.15) is 37.1 Å². The minimum Gasteiger partial charge on any atom is -0.459 e. The molecule has 2 aliphatic heterocycles. The molecule has 0 aromatic heterocycles. The van der Waals surface area contributed by atoms with Crippen molar-refractivity contribution in [3.8, 4) is 0 Å². The lowest BCUT2D eigenvalue weighted by Gasteiger charge is -2.47. The van der Waals surface area contributed by atoms with Gasteiger partial charge in [0.15, 0.2) is 30.9 Å². The van der Waals surface area contributed by atoms with E-state index in [1.54, 1.807) is 121 Å². The lowest BCUT2D eigenvalue weighted by molar-refractivity contribution is -0.340. The van der Waals surface area contributed by atoms with E-state index in [-0.39, 0.29) is 48.7 Å².